The average Bonchev–Trinajstić information content (AvgIpc) is 3.31. The Morgan fingerprint density at radius 3 is 2.85 bits per heavy atom. The fourth-order valence-corrected chi connectivity index (χ4v) is 4.26. The lowest BCUT2D eigenvalue weighted by molar-refractivity contribution is 0.0711. The van der Waals surface area contributed by atoms with Crippen LogP contribution in [0.2, 0.25) is 0 Å². The van der Waals surface area contributed by atoms with Gasteiger partial charge in [0, 0.05) is 54.1 Å². The van der Waals surface area contributed by atoms with Crippen LogP contribution in [-0.2, 0) is 6.54 Å². The highest BCUT2D eigenvalue weighted by atomic mass is 32.1. The zero-order valence-electron chi connectivity index (χ0n) is 14.8. The van der Waals surface area contributed by atoms with Crippen molar-refractivity contribution in [1.82, 2.24) is 19.4 Å². The number of rotatable bonds is 4. The quantitative estimate of drug-likeness (QED) is 0.707. The maximum Gasteiger partial charge on any atom is 0.254 e. The molecule has 0 atom stereocenters. The van der Waals surface area contributed by atoms with E-state index in [1.165, 1.54) is 10.4 Å². The van der Waals surface area contributed by atoms with Gasteiger partial charge in [0.05, 0.1) is 12.1 Å². The maximum atomic E-state index is 12.6. The van der Waals surface area contributed by atoms with E-state index in [1.54, 1.807) is 17.5 Å². The van der Waals surface area contributed by atoms with E-state index in [9.17, 15) is 4.79 Å². The fraction of sp³-hybridized carbons (Fsp3) is 0.350. The molecule has 1 saturated heterocycles. The second kappa shape index (κ2) is 7.41. The minimum absolute atomic E-state index is 0.159. The van der Waals surface area contributed by atoms with Crippen LogP contribution in [0.25, 0.3) is 0 Å². The standard InChI is InChI=1S/C20H22N4OS/c1-15-11-18(14-26-15)20(25)23-8-4-17(5-9-23)19-22-7-10-24(19)13-16-3-2-6-21-12-16/h2-3,6-7,10-12,14,17H,4-5,8-9,13H2,1H3. The molecular formula is C20H22N4OS. The highest BCUT2D eigenvalue weighted by Crippen LogP contribution is 2.28. The summed E-state index contributed by atoms with van der Waals surface area (Å²) in [5, 5.41) is 1.96. The van der Waals surface area contributed by atoms with E-state index in [1.807, 2.05) is 47.9 Å². The van der Waals surface area contributed by atoms with Gasteiger partial charge >= 0.3 is 0 Å². The van der Waals surface area contributed by atoms with E-state index in [2.05, 4.69) is 20.6 Å². The number of thiophene rings is 1. The molecule has 3 aromatic rings. The summed E-state index contributed by atoms with van der Waals surface area (Å²) in [5.74, 6) is 1.67. The van der Waals surface area contributed by atoms with Gasteiger partial charge in [0.25, 0.3) is 5.91 Å². The molecule has 0 unspecified atom stereocenters. The Bertz CT molecular complexity index is 878. The van der Waals surface area contributed by atoms with Gasteiger partial charge < -0.3 is 9.47 Å². The van der Waals surface area contributed by atoms with Crippen LogP contribution in [0, 0.1) is 6.92 Å². The first-order chi connectivity index (χ1) is 12.7. The van der Waals surface area contributed by atoms with Crippen LogP contribution in [-0.4, -0.2) is 38.4 Å². The Kier molecular flexibility index (Phi) is 4.84. The van der Waals surface area contributed by atoms with Gasteiger partial charge in [0.15, 0.2) is 0 Å². The summed E-state index contributed by atoms with van der Waals surface area (Å²) in [4.78, 5) is 24.6. The SMILES string of the molecule is Cc1cc(C(=O)N2CCC(c3nccn3Cc3cccnc3)CC2)cs1. The van der Waals surface area contributed by atoms with Gasteiger partial charge in [-0.2, -0.15) is 0 Å². The number of aromatic nitrogens is 3. The van der Waals surface area contributed by atoms with Crippen LogP contribution >= 0.6 is 11.3 Å². The highest BCUT2D eigenvalue weighted by Gasteiger charge is 2.27. The van der Waals surface area contributed by atoms with Crippen LogP contribution in [0.1, 0.15) is 45.4 Å². The third-order valence-corrected chi connectivity index (χ3v) is 5.81. The minimum Gasteiger partial charge on any atom is -0.339 e. The van der Waals surface area contributed by atoms with Crippen LogP contribution in [0.15, 0.2) is 48.4 Å². The molecule has 1 fully saturated rings. The number of piperidine rings is 1. The summed E-state index contributed by atoms with van der Waals surface area (Å²) in [6, 6.07) is 6.03. The molecule has 1 aliphatic heterocycles. The number of carbonyl (C=O) groups is 1. The van der Waals surface area contributed by atoms with E-state index in [-0.39, 0.29) is 5.91 Å². The molecule has 4 heterocycles. The molecule has 0 radical (unpaired) electrons. The van der Waals surface area contributed by atoms with Crippen molar-refractivity contribution in [1.29, 1.82) is 0 Å². The van der Waals surface area contributed by atoms with Crippen molar-refractivity contribution in [2.24, 2.45) is 0 Å². The second-order valence-electron chi connectivity index (χ2n) is 6.79. The number of amides is 1. The Balaban J connectivity index is 1.41. The minimum atomic E-state index is 0.159. The number of hydrogen-bond acceptors (Lipinski definition) is 4. The van der Waals surface area contributed by atoms with Crippen LogP contribution in [0.4, 0.5) is 0 Å². The molecule has 0 bridgehead atoms. The summed E-state index contributed by atoms with van der Waals surface area (Å²) in [6.07, 6.45) is 9.51. The van der Waals surface area contributed by atoms with E-state index >= 15 is 0 Å². The zero-order valence-corrected chi connectivity index (χ0v) is 15.7. The van der Waals surface area contributed by atoms with E-state index in [4.69, 9.17) is 0 Å². The van der Waals surface area contributed by atoms with Crippen molar-refractivity contribution in [2.45, 2.75) is 32.2 Å². The third-order valence-electron chi connectivity index (χ3n) is 4.95. The summed E-state index contributed by atoms with van der Waals surface area (Å²) >= 11 is 1.63. The van der Waals surface area contributed by atoms with Gasteiger partial charge in [0.2, 0.25) is 0 Å². The molecule has 5 nitrogen and oxygen atoms in total. The first-order valence-electron chi connectivity index (χ1n) is 8.95. The van der Waals surface area contributed by atoms with E-state index in [0.717, 1.165) is 43.9 Å². The lowest BCUT2D eigenvalue weighted by Gasteiger charge is -2.31. The lowest BCUT2D eigenvalue weighted by atomic mass is 9.95. The van der Waals surface area contributed by atoms with Gasteiger partial charge in [0.1, 0.15) is 5.82 Å². The molecule has 3 aromatic heterocycles. The molecule has 134 valence electrons. The molecule has 4 rings (SSSR count). The molecule has 0 N–H and O–H groups in total. The molecule has 6 heteroatoms. The van der Waals surface area contributed by atoms with Gasteiger partial charge in [-0.25, -0.2) is 4.98 Å². The van der Waals surface area contributed by atoms with Crippen LogP contribution < -0.4 is 0 Å². The zero-order chi connectivity index (χ0) is 17.9. The largest absolute Gasteiger partial charge is 0.339 e. The van der Waals surface area contributed by atoms with Crippen molar-refractivity contribution < 1.29 is 4.79 Å². The fourth-order valence-electron chi connectivity index (χ4n) is 3.58. The smallest absolute Gasteiger partial charge is 0.254 e. The molecule has 0 aromatic carbocycles. The van der Waals surface area contributed by atoms with Gasteiger partial charge in [-0.05, 0) is 37.5 Å². The number of aryl methyl sites for hydroxylation is 1. The van der Waals surface area contributed by atoms with Crippen molar-refractivity contribution in [3.8, 4) is 0 Å². The topological polar surface area (TPSA) is 51.0 Å². The van der Waals surface area contributed by atoms with Crippen molar-refractivity contribution in [3.05, 3.63) is 70.2 Å². The Morgan fingerprint density at radius 2 is 2.15 bits per heavy atom. The van der Waals surface area contributed by atoms with E-state index < -0.39 is 0 Å². The highest BCUT2D eigenvalue weighted by molar-refractivity contribution is 7.10. The van der Waals surface area contributed by atoms with Crippen molar-refractivity contribution in [2.75, 3.05) is 13.1 Å². The number of hydrogen-bond donors (Lipinski definition) is 0. The Hall–Kier alpha value is -2.47. The number of nitrogens with zero attached hydrogens (tertiary/aromatic N) is 4. The molecule has 0 spiro atoms. The number of imidazole rings is 1. The predicted octanol–water partition coefficient (Wildman–Crippen LogP) is 3.72. The summed E-state index contributed by atoms with van der Waals surface area (Å²) in [5.41, 5.74) is 2.00. The normalized spacial score (nSPS) is 15.3. The second-order valence-corrected chi connectivity index (χ2v) is 7.90. The number of carbonyl (C=O) groups excluding carboxylic acids is 1. The Labute approximate surface area is 157 Å². The van der Waals surface area contributed by atoms with Gasteiger partial charge in [-0.3, -0.25) is 9.78 Å². The molecule has 0 aliphatic carbocycles. The molecule has 1 amide bonds. The van der Waals surface area contributed by atoms with Gasteiger partial charge in [-0.1, -0.05) is 6.07 Å². The lowest BCUT2D eigenvalue weighted by Crippen LogP contribution is -2.38. The third kappa shape index (κ3) is 3.55. The van der Waals surface area contributed by atoms with Crippen molar-refractivity contribution >= 4 is 17.2 Å². The molecule has 26 heavy (non-hydrogen) atoms. The maximum absolute atomic E-state index is 12.6. The van der Waals surface area contributed by atoms with E-state index in [0.29, 0.717) is 5.92 Å². The molecule has 0 saturated carbocycles. The monoisotopic (exact) mass is 366 g/mol. The van der Waals surface area contributed by atoms with Crippen molar-refractivity contribution in [3.63, 3.8) is 0 Å². The summed E-state index contributed by atoms with van der Waals surface area (Å²) in [6.45, 7) is 4.41. The average molecular weight is 366 g/mol. The number of likely N-dealkylation sites (tertiary alicyclic amines) is 1. The summed E-state index contributed by atoms with van der Waals surface area (Å²) in [7, 11) is 0. The molecular weight excluding hydrogens is 344 g/mol. The first-order valence-corrected chi connectivity index (χ1v) is 9.83. The molecule has 1 aliphatic rings. The summed E-state index contributed by atoms with van der Waals surface area (Å²) < 4.78 is 2.21. The number of pyridine rings is 1. The van der Waals surface area contributed by atoms with Gasteiger partial charge in [-0.15, -0.1) is 11.3 Å². The predicted molar refractivity (Wildman–Crippen MR) is 103 cm³/mol. The van der Waals surface area contributed by atoms with Crippen LogP contribution in [0.3, 0.4) is 0 Å². The van der Waals surface area contributed by atoms with Crippen LogP contribution in [0.5, 0.6) is 0 Å². The Morgan fingerprint density at radius 1 is 1.31 bits per heavy atom. The first kappa shape index (κ1) is 17.0.